The largest absolute Gasteiger partial charge is 0.378 e. The fourth-order valence-electron chi connectivity index (χ4n) is 1.22. The molecule has 0 bridgehead atoms. The van der Waals surface area contributed by atoms with E-state index in [9.17, 15) is 0 Å². The molecule has 4 heteroatoms. The van der Waals surface area contributed by atoms with Crippen molar-refractivity contribution in [3.05, 3.63) is 35.4 Å². The summed E-state index contributed by atoms with van der Waals surface area (Å²) >= 11 is 0. The smallest absolute Gasteiger partial charge is 0.0991 e. The lowest BCUT2D eigenvalue weighted by atomic mass is 10.1. The van der Waals surface area contributed by atoms with Crippen molar-refractivity contribution in [3.63, 3.8) is 0 Å². The number of nitriles is 1. The molecule has 0 saturated heterocycles. The molecule has 1 aromatic carbocycles. The molecule has 1 aromatic rings. The first-order chi connectivity index (χ1) is 7.86. The van der Waals surface area contributed by atoms with E-state index in [1.165, 1.54) is 0 Å². The Morgan fingerprint density at radius 2 is 2.00 bits per heavy atom. The van der Waals surface area contributed by atoms with Gasteiger partial charge >= 0.3 is 0 Å². The van der Waals surface area contributed by atoms with Gasteiger partial charge in [-0.05, 0) is 17.7 Å². The summed E-state index contributed by atoms with van der Waals surface area (Å²) in [5.41, 5.74) is 6.92. The Balaban J connectivity index is 2.19. The van der Waals surface area contributed by atoms with Crippen LogP contribution in [0.3, 0.4) is 0 Å². The van der Waals surface area contributed by atoms with Gasteiger partial charge in [-0.2, -0.15) is 5.26 Å². The van der Waals surface area contributed by atoms with Crippen molar-refractivity contribution >= 4 is 0 Å². The number of rotatable bonds is 7. The molecule has 0 unspecified atom stereocenters. The van der Waals surface area contributed by atoms with Crippen molar-refractivity contribution in [2.45, 2.75) is 6.61 Å². The van der Waals surface area contributed by atoms with Gasteiger partial charge < -0.3 is 15.2 Å². The van der Waals surface area contributed by atoms with Gasteiger partial charge in [-0.1, -0.05) is 12.1 Å². The summed E-state index contributed by atoms with van der Waals surface area (Å²) in [5.74, 6) is 0. The van der Waals surface area contributed by atoms with Crippen LogP contribution in [0, 0.1) is 11.3 Å². The maximum Gasteiger partial charge on any atom is 0.0991 e. The SMILES string of the molecule is N#Cc1cccc(COCCOCCN)c1. The number of benzene rings is 1. The topological polar surface area (TPSA) is 68.3 Å². The maximum atomic E-state index is 8.71. The lowest BCUT2D eigenvalue weighted by Crippen LogP contribution is -2.11. The highest BCUT2D eigenvalue weighted by molar-refractivity contribution is 5.32. The number of ether oxygens (including phenoxy) is 2. The molecule has 0 fully saturated rings. The molecule has 0 aliphatic rings. The second-order valence-electron chi connectivity index (χ2n) is 3.27. The van der Waals surface area contributed by atoms with Crippen LogP contribution in [0.2, 0.25) is 0 Å². The molecule has 0 amide bonds. The number of hydrogen-bond acceptors (Lipinski definition) is 4. The molecule has 0 radical (unpaired) electrons. The minimum Gasteiger partial charge on any atom is -0.378 e. The van der Waals surface area contributed by atoms with Crippen molar-refractivity contribution in [1.82, 2.24) is 0 Å². The molecular formula is C12H16N2O2. The van der Waals surface area contributed by atoms with Crippen LogP contribution < -0.4 is 5.73 Å². The van der Waals surface area contributed by atoms with Crippen molar-refractivity contribution in [1.29, 1.82) is 5.26 Å². The minimum atomic E-state index is 0.501. The Morgan fingerprint density at radius 1 is 1.19 bits per heavy atom. The first kappa shape index (κ1) is 12.7. The van der Waals surface area contributed by atoms with Crippen LogP contribution in [0.4, 0.5) is 0 Å². The predicted molar refractivity (Wildman–Crippen MR) is 60.7 cm³/mol. The van der Waals surface area contributed by atoms with E-state index >= 15 is 0 Å². The summed E-state index contributed by atoms with van der Waals surface area (Å²) in [6.45, 7) is 2.69. The zero-order valence-corrected chi connectivity index (χ0v) is 9.19. The van der Waals surface area contributed by atoms with Crippen LogP contribution >= 0.6 is 0 Å². The Morgan fingerprint density at radius 3 is 2.75 bits per heavy atom. The Labute approximate surface area is 95.6 Å². The third-order valence-corrected chi connectivity index (χ3v) is 1.96. The van der Waals surface area contributed by atoms with E-state index in [4.69, 9.17) is 20.5 Å². The monoisotopic (exact) mass is 220 g/mol. The van der Waals surface area contributed by atoms with Crippen LogP contribution in [0.5, 0.6) is 0 Å². The van der Waals surface area contributed by atoms with E-state index in [2.05, 4.69) is 6.07 Å². The molecule has 0 saturated carbocycles. The van der Waals surface area contributed by atoms with Gasteiger partial charge in [-0.15, -0.1) is 0 Å². The molecule has 0 aliphatic heterocycles. The molecule has 0 aliphatic carbocycles. The summed E-state index contributed by atoms with van der Waals surface area (Å²) in [6, 6.07) is 9.46. The van der Waals surface area contributed by atoms with Crippen LogP contribution in [0.15, 0.2) is 24.3 Å². The average Bonchev–Trinajstić information content (AvgIpc) is 2.34. The first-order valence-electron chi connectivity index (χ1n) is 5.21. The fourth-order valence-corrected chi connectivity index (χ4v) is 1.22. The van der Waals surface area contributed by atoms with Crippen LogP contribution in [-0.2, 0) is 16.1 Å². The van der Waals surface area contributed by atoms with Crippen molar-refractivity contribution in [2.75, 3.05) is 26.4 Å². The normalized spacial score (nSPS) is 10.0. The summed E-state index contributed by atoms with van der Waals surface area (Å²) in [5, 5.41) is 8.71. The van der Waals surface area contributed by atoms with Crippen LogP contribution in [0.25, 0.3) is 0 Å². The second-order valence-corrected chi connectivity index (χ2v) is 3.27. The van der Waals surface area contributed by atoms with Gasteiger partial charge in [0.05, 0.1) is 38.1 Å². The first-order valence-corrected chi connectivity index (χ1v) is 5.21. The van der Waals surface area contributed by atoms with E-state index < -0.39 is 0 Å². The highest BCUT2D eigenvalue weighted by Gasteiger charge is 1.95. The van der Waals surface area contributed by atoms with Gasteiger partial charge in [-0.3, -0.25) is 0 Å². The lowest BCUT2D eigenvalue weighted by molar-refractivity contribution is 0.0433. The van der Waals surface area contributed by atoms with E-state index in [0.717, 1.165) is 5.56 Å². The molecule has 1 rings (SSSR count). The molecule has 86 valence electrons. The van der Waals surface area contributed by atoms with Crippen molar-refractivity contribution < 1.29 is 9.47 Å². The van der Waals surface area contributed by atoms with Gasteiger partial charge in [-0.25, -0.2) is 0 Å². The van der Waals surface area contributed by atoms with Crippen molar-refractivity contribution in [3.8, 4) is 6.07 Å². The zero-order valence-electron chi connectivity index (χ0n) is 9.19. The summed E-state index contributed by atoms with van der Waals surface area (Å²) in [7, 11) is 0. The molecule has 4 nitrogen and oxygen atoms in total. The van der Waals surface area contributed by atoms with Gasteiger partial charge in [0.15, 0.2) is 0 Å². The predicted octanol–water partition coefficient (Wildman–Crippen LogP) is 1.05. The molecule has 0 heterocycles. The fraction of sp³-hybridized carbons (Fsp3) is 0.417. The average molecular weight is 220 g/mol. The quantitative estimate of drug-likeness (QED) is 0.697. The van der Waals surface area contributed by atoms with Crippen molar-refractivity contribution in [2.24, 2.45) is 5.73 Å². The van der Waals surface area contributed by atoms with Gasteiger partial charge in [0.25, 0.3) is 0 Å². The Hall–Kier alpha value is -1.41. The van der Waals surface area contributed by atoms with Gasteiger partial charge in [0.2, 0.25) is 0 Å². The molecule has 0 aromatic heterocycles. The van der Waals surface area contributed by atoms with Gasteiger partial charge in [0.1, 0.15) is 0 Å². The number of nitrogens with two attached hydrogens (primary N) is 1. The summed E-state index contributed by atoms with van der Waals surface area (Å²) in [6.07, 6.45) is 0. The Bertz CT molecular complexity index is 347. The third-order valence-electron chi connectivity index (χ3n) is 1.96. The van der Waals surface area contributed by atoms with E-state index in [0.29, 0.717) is 38.5 Å². The van der Waals surface area contributed by atoms with E-state index in [-0.39, 0.29) is 0 Å². The lowest BCUT2D eigenvalue weighted by Gasteiger charge is -2.05. The molecular weight excluding hydrogens is 204 g/mol. The summed E-state index contributed by atoms with van der Waals surface area (Å²) < 4.78 is 10.6. The molecule has 0 atom stereocenters. The maximum absolute atomic E-state index is 8.71. The standard InChI is InChI=1S/C12H16N2O2/c13-4-5-15-6-7-16-10-12-3-1-2-11(8-12)9-14/h1-3,8H,4-7,10,13H2. The summed E-state index contributed by atoms with van der Waals surface area (Å²) in [4.78, 5) is 0. The number of nitrogens with zero attached hydrogens (tertiary/aromatic N) is 1. The van der Waals surface area contributed by atoms with E-state index in [1.54, 1.807) is 6.07 Å². The Kier molecular flexibility index (Phi) is 6.19. The van der Waals surface area contributed by atoms with Gasteiger partial charge in [0, 0.05) is 6.54 Å². The molecule has 2 N–H and O–H groups in total. The highest BCUT2D eigenvalue weighted by atomic mass is 16.5. The van der Waals surface area contributed by atoms with Crippen LogP contribution in [-0.4, -0.2) is 26.4 Å². The number of hydrogen-bond donors (Lipinski definition) is 1. The molecule has 0 spiro atoms. The third kappa shape index (κ3) is 4.89. The minimum absolute atomic E-state index is 0.501. The highest BCUT2D eigenvalue weighted by Crippen LogP contribution is 2.05. The molecule has 16 heavy (non-hydrogen) atoms. The zero-order chi connectivity index (χ0) is 11.6. The van der Waals surface area contributed by atoms with E-state index in [1.807, 2.05) is 18.2 Å². The second kappa shape index (κ2) is 7.83. The van der Waals surface area contributed by atoms with Crippen LogP contribution in [0.1, 0.15) is 11.1 Å².